The van der Waals surface area contributed by atoms with Crippen LogP contribution in [0.25, 0.3) is 0 Å². The Morgan fingerprint density at radius 1 is 1.10 bits per heavy atom. The number of carbonyl (C=O) groups excluding carboxylic acids is 1. The summed E-state index contributed by atoms with van der Waals surface area (Å²) in [6.45, 7) is 0.516. The van der Waals surface area contributed by atoms with Crippen LogP contribution in [0.4, 0.5) is 0 Å². The van der Waals surface area contributed by atoms with Gasteiger partial charge in [0.15, 0.2) is 0 Å². The minimum atomic E-state index is -3.76. The molecule has 1 saturated carbocycles. The predicted octanol–water partition coefficient (Wildman–Crippen LogP) is 3.28. The number of carbonyl (C=O) groups is 1. The first kappa shape index (κ1) is 21.3. The average molecular weight is 417 g/mol. The molecular weight excluding hydrogens is 388 g/mol. The van der Waals surface area contributed by atoms with E-state index in [0.717, 1.165) is 38.5 Å². The van der Waals surface area contributed by atoms with E-state index in [4.69, 9.17) is 4.74 Å². The molecule has 0 spiro atoms. The molecule has 0 atom stereocenters. The molecule has 2 aromatic carbocycles. The molecule has 29 heavy (non-hydrogen) atoms. The van der Waals surface area contributed by atoms with Gasteiger partial charge in [0.25, 0.3) is 5.91 Å². The Kier molecular flexibility index (Phi) is 7.28. The maximum atomic E-state index is 12.8. The number of benzene rings is 2. The minimum absolute atomic E-state index is 0.00355. The Bertz CT molecular complexity index is 923. The van der Waals surface area contributed by atoms with Gasteiger partial charge in [0.05, 0.1) is 7.11 Å². The second-order valence-corrected chi connectivity index (χ2v) is 9.00. The quantitative estimate of drug-likeness (QED) is 0.615. The van der Waals surface area contributed by atoms with Crippen LogP contribution in [0.5, 0.6) is 5.75 Å². The number of hydrogen-bond donors (Lipinski definition) is 2. The lowest BCUT2D eigenvalue weighted by molar-refractivity contribution is 0.0953. The van der Waals surface area contributed by atoms with Crippen LogP contribution in [0, 0.1) is 0 Å². The number of rotatable bonds is 9. The molecule has 0 radical (unpaired) electrons. The molecular formula is C22H28N2O4S. The SMILES string of the molecule is COc1ccc(C(=O)NCCCc2ccccc2)cc1S(=O)(=O)NC1CCCC1. The van der Waals surface area contributed by atoms with Crippen molar-refractivity contribution in [2.24, 2.45) is 0 Å². The van der Waals surface area contributed by atoms with Gasteiger partial charge in [-0.15, -0.1) is 0 Å². The molecule has 2 N–H and O–H groups in total. The van der Waals surface area contributed by atoms with Crippen molar-refractivity contribution in [2.45, 2.75) is 49.5 Å². The van der Waals surface area contributed by atoms with Gasteiger partial charge in [-0.3, -0.25) is 4.79 Å². The van der Waals surface area contributed by atoms with Crippen LogP contribution >= 0.6 is 0 Å². The van der Waals surface area contributed by atoms with E-state index in [1.54, 1.807) is 6.07 Å². The first-order valence-corrected chi connectivity index (χ1v) is 11.5. The van der Waals surface area contributed by atoms with Crippen molar-refractivity contribution < 1.29 is 17.9 Å². The Balaban J connectivity index is 1.64. The number of amides is 1. The van der Waals surface area contributed by atoms with E-state index in [1.807, 2.05) is 18.2 Å². The fraction of sp³-hybridized carbons (Fsp3) is 0.409. The predicted molar refractivity (Wildman–Crippen MR) is 113 cm³/mol. The van der Waals surface area contributed by atoms with Gasteiger partial charge in [-0.05, 0) is 49.4 Å². The average Bonchev–Trinajstić information content (AvgIpc) is 3.23. The lowest BCUT2D eigenvalue weighted by Gasteiger charge is -2.15. The third-order valence-electron chi connectivity index (χ3n) is 5.16. The molecule has 1 aliphatic carbocycles. The van der Waals surface area contributed by atoms with Gasteiger partial charge in [0.1, 0.15) is 10.6 Å². The minimum Gasteiger partial charge on any atom is -0.495 e. The number of nitrogens with one attached hydrogen (secondary N) is 2. The van der Waals surface area contributed by atoms with Gasteiger partial charge in [-0.25, -0.2) is 13.1 Å². The third-order valence-corrected chi connectivity index (χ3v) is 6.70. The van der Waals surface area contributed by atoms with Crippen LogP contribution in [-0.4, -0.2) is 34.0 Å². The maximum absolute atomic E-state index is 12.8. The highest BCUT2D eigenvalue weighted by atomic mass is 32.2. The molecule has 1 fully saturated rings. The second kappa shape index (κ2) is 9.89. The summed E-state index contributed by atoms with van der Waals surface area (Å²) in [5, 5.41) is 2.86. The molecule has 156 valence electrons. The summed E-state index contributed by atoms with van der Waals surface area (Å²) in [6.07, 6.45) is 5.40. The number of sulfonamides is 1. The fourth-order valence-corrected chi connectivity index (χ4v) is 5.10. The highest BCUT2D eigenvalue weighted by Gasteiger charge is 2.26. The van der Waals surface area contributed by atoms with Crippen molar-refractivity contribution in [3.8, 4) is 5.75 Å². The van der Waals surface area contributed by atoms with Gasteiger partial charge in [-0.2, -0.15) is 0 Å². The van der Waals surface area contributed by atoms with E-state index in [0.29, 0.717) is 12.1 Å². The summed E-state index contributed by atoms with van der Waals surface area (Å²) in [5.74, 6) is -0.0610. The maximum Gasteiger partial charge on any atom is 0.251 e. The smallest absolute Gasteiger partial charge is 0.251 e. The monoisotopic (exact) mass is 416 g/mol. The molecule has 1 amide bonds. The molecule has 2 aromatic rings. The molecule has 0 saturated heterocycles. The van der Waals surface area contributed by atoms with E-state index < -0.39 is 10.0 Å². The molecule has 6 nitrogen and oxygen atoms in total. The number of hydrogen-bond acceptors (Lipinski definition) is 4. The van der Waals surface area contributed by atoms with Crippen LogP contribution in [0.2, 0.25) is 0 Å². The van der Waals surface area contributed by atoms with Gasteiger partial charge in [0, 0.05) is 18.2 Å². The van der Waals surface area contributed by atoms with Gasteiger partial charge < -0.3 is 10.1 Å². The number of aryl methyl sites for hydroxylation is 1. The van der Waals surface area contributed by atoms with Crippen molar-refractivity contribution in [3.63, 3.8) is 0 Å². The molecule has 1 aliphatic rings. The number of ether oxygens (including phenoxy) is 1. The number of methoxy groups -OCH3 is 1. The third kappa shape index (κ3) is 5.81. The zero-order valence-electron chi connectivity index (χ0n) is 16.7. The van der Waals surface area contributed by atoms with Gasteiger partial charge >= 0.3 is 0 Å². The Hall–Kier alpha value is -2.38. The highest BCUT2D eigenvalue weighted by Crippen LogP contribution is 2.27. The summed E-state index contributed by atoms with van der Waals surface area (Å²) in [7, 11) is -2.33. The summed E-state index contributed by atoms with van der Waals surface area (Å²) in [6, 6.07) is 14.5. The van der Waals surface area contributed by atoms with Gasteiger partial charge in [0.2, 0.25) is 10.0 Å². The molecule has 0 aromatic heterocycles. The standard InChI is InChI=1S/C22H28N2O4S/c1-28-20-14-13-18(16-21(20)29(26,27)24-19-11-5-6-12-19)22(25)23-15-7-10-17-8-3-2-4-9-17/h2-4,8-9,13-14,16,19,24H,5-7,10-12,15H2,1H3,(H,23,25). The Morgan fingerprint density at radius 2 is 1.83 bits per heavy atom. The first-order valence-electron chi connectivity index (χ1n) is 10.0. The Labute approximate surface area is 172 Å². The van der Waals surface area contributed by atoms with Crippen molar-refractivity contribution in [1.29, 1.82) is 0 Å². The largest absolute Gasteiger partial charge is 0.495 e. The van der Waals surface area contributed by atoms with Crippen LogP contribution in [0.3, 0.4) is 0 Å². The zero-order valence-corrected chi connectivity index (χ0v) is 17.5. The molecule has 0 unspecified atom stereocenters. The van der Waals surface area contributed by atoms with E-state index in [-0.39, 0.29) is 22.6 Å². The van der Waals surface area contributed by atoms with E-state index >= 15 is 0 Å². The lowest BCUT2D eigenvalue weighted by Crippen LogP contribution is -2.33. The Morgan fingerprint density at radius 3 is 2.52 bits per heavy atom. The second-order valence-electron chi connectivity index (χ2n) is 7.31. The van der Waals surface area contributed by atoms with E-state index in [9.17, 15) is 13.2 Å². The molecule has 0 bridgehead atoms. The van der Waals surface area contributed by atoms with Crippen LogP contribution in [-0.2, 0) is 16.4 Å². The van der Waals surface area contributed by atoms with E-state index in [2.05, 4.69) is 22.2 Å². The first-order chi connectivity index (χ1) is 14.0. The van der Waals surface area contributed by atoms with Crippen molar-refractivity contribution in [3.05, 3.63) is 59.7 Å². The summed E-state index contributed by atoms with van der Waals surface area (Å²) < 4.78 is 33.6. The van der Waals surface area contributed by atoms with Crippen LogP contribution in [0.15, 0.2) is 53.4 Å². The fourth-order valence-electron chi connectivity index (χ4n) is 3.60. The molecule has 0 heterocycles. The molecule has 3 rings (SSSR count). The molecule has 0 aliphatic heterocycles. The zero-order chi connectivity index (χ0) is 20.7. The summed E-state index contributed by atoms with van der Waals surface area (Å²) in [4.78, 5) is 12.5. The summed E-state index contributed by atoms with van der Waals surface area (Å²) >= 11 is 0. The summed E-state index contributed by atoms with van der Waals surface area (Å²) in [5.41, 5.74) is 1.52. The van der Waals surface area contributed by atoms with Crippen LogP contribution in [0.1, 0.15) is 48.0 Å². The topological polar surface area (TPSA) is 84.5 Å². The van der Waals surface area contributed by atoms with Crippen LogP contribution < -0.4 is 14.8 Å². The lowest BCUT2D eigenvalue weighted by atomic mass is 10.1. The van der Waals surface area contributed by atoms with Crippen molar-refractivity contribution >= 4 is 15.9 Å². The normalized spacial score (nSPS) is 14.7. The molecule has 7 heteroatoms. The van der Waals surface area contributed by atoms with Crippen molar-refractivity contribution in [1.82, 2.24) is 10.0 Å². The van der Waals surface area contributed by atoms with Gasteiger partial charge in [-0.1, -0.05) is 43.2 Å². The van der Waals surface area contributed by atoms with E-state index in [1.165, 1.54) is 24.8 Å². The van der Waals surface area contributed by atoms with Crippen molar-refractivity contribution in [2.75, 3.05) is 13.7 Å². The highest BCUT2D eigenvalue weighted by molar-refractivity contribution is 7.89.